The Bertz CT molecular complexity index is 354. The summed E-state index contributed by atoms with van der Waals surface area (Å²) < 4.78 is 0. The summed E-state index contributed by atoms with van der Waals surface area (Å²) in [5, 5.41) is 0. The molecule has 74 valence electrons. The molecule has 0 aliphatic rings. The highest BCUT2D eigenvalue weighted by Gasteiger charge is 2.04. The Balaban J connectivity index is 2.94. The van der Waals surface area contributed by atoms with Crippen LogP contribution in [-0.4, -0.2) is 29.8 Å². The average molecular weight is 207 g/mol. The van der Waals surface area contributed by atoms with E-state index >= 15 is 0 Å². The van der Waals surface area contributed by atoms with Crippen molar-refractivity contribution in [2.75, 3.05) is 14.1 Å². The molecule has 0 radical (unpaired) electrons. The molecule has 1 aromatic carbocycles. The molecule has 3 heteroatoms. The molecule has 0 bridgehead atoms. The van der Waals surface area contributed by atoms with Crippen LogP contribution in [0.3, 0.4) is 0 Å². The Morgan fingerprint density at radius 3 is 1.93 bits per heavy atom. The molecule has 0 fully saturated rings. The third kappa shape index (κ3) is 2.39. The van der Waals surface area contributed by atoms with Crippen LogP contribution in [0.25, 0.3) is 0 Å². The summed E-state index contributed by atoms with van der Waals surface area (Å²) in [7, 11) is 3.81. The summed E-state index contributed by atoms with van der Waals surface area (Å²) in [6, 6.07) is 7.35. The van der Waals surface area contributed by atoms with E-state index in [1.807, 2.05) is 31.1 Å². The van der Waals surface area contributed by atoms with E-state index in [4.69, 9.17) is 12.2 Å². The van der Waals surface area contributed by atoms with Crippen molar-refractivity contribution in [1.29, 1.82) is 0 Å². The highest BCUT2D eigenvalue weighted by molar-refractivity contribution is 7.80. The number of carbonyl (C=O) groups is 1. The molecular formula is C11H13NOS. The molecule has 1 rings (SSSR count). The first-order valence-electron chi connectivity index (χ1n) is 4.35. The first kappa shape index (κ1) is 10.9. The van der Waals surface area contributed by atoms with Gasteiger partial charge in [-0.05, 0) is 6.92 Å². The van der Waals surface area contributed by atoms with Crippen LogP contribution in [0.15, 0.2) is 24.3 Å². The predicted molar refractivity (Wildman–Crippen MR) is 61.8 cm³/mol. The number of rotatable bonds is 2. The minimum absolute atomic E-state index is 0.0762. The highest BCUT2D eigenvalue weighted by atomic mass is 32.1. The average Bonchev–Trinajstić information content (AvgIpc) is 2.16. The Kier molecular flexibility index (Phi) is 3.36. The zero-order valence-electron chi connectivity index (χ0n) is 8.57. The fourth-order valence-corrected chi connectivity index (χ4v) is 1.24. The number of thiocarbonyl (C=S) groups is 1. The van der Waals surface area contributed by atoms with E-state index in [-0.39, 0.29) is 5.78 Å². The van der Waals surface area contributed by atoms with Gasteiger partial charge in [0.25, 0.3) is 0 Å². The molecule has 1 aromatic rings. The summed E-state index contributed by atoms with van der Waals surface area (Å²) in [5.41, 5.74) is 1.69. The fourth-order valence-electron chi connectivity index (χ4n) is 1.11. The molecule has 0 heterocycles. The van der Waals surface area contributed by atoms with Gasteiger partial charge in [-0.15, -0.1) is 0 Å². The lowest BCUT2D eigenvalue weighted by molar-refractivity contribution is 0.101. The molecule has 2 nitrogen and oxygen atoms in total. The van der Waals surface area contributed by atoms with Crippen LogP contribution >= 0.6 is 12.2 Å². The normalized spacial score (nSPS) is 9.64. The Morgan fingerprint density at radius 1 is 1.14 bits per heavy atom. The van der Waals surface area contributed by atoms with E-state index in [1.54, 1.807) is 19.1 Å². The van der Waals surface area contributed by atoms with Crippen molar-refractivity contribution in [1.82, 2.24) is 4.90 Å². The molecule has 0 spiro atoms. The summed E-state index contributed by atoms with van der Waals surface area (Å²) in [6.07, 6.45) is 0. The maximum absolute atomic E-state index is 11.0. The van der Waals surface area contributed by atoms with Gasteiger partial charge < -0.3 is 4.90 Å². The van der Waals surface area contributed by atoms with Crippen LogP contribution in [0.2, 0.25) is 0 Å². The predicted octanol–water partition coefficient (Wildman–Crippen LogP) is 2.13. The molecule has 0 saturated heterocycles. The van der Waals surface area contributed by atoms with Crippen molar-refractivity contribution in [3.63, 3.8) is 0 Å². The van der Waals surface area contributed by atoms with Crippen molar-refractivity contribution in [3.05, 3.63) is 35.4 Å². The van der Waals surface area contributed by atoms with Crippen molar-refractivity contribution in [2.24, 2.45) is 0 Å². The van der Waals surface area contributed by atoms with E-state index in [9.17, 15) is 4.79 Å². The van der Waals surface area contributed by atoms with E-state index in [0.717, 1.165) is 16.1 Å². The number of hydrogen-bond acceptors (Lipinski definition) is 2. The van der Waals surface area contributed by atoms with Crippen LogP contribution < -0.4 is 0 Å². The second-order valence-electron chi connectivity index (χ2n) is 3.33. The molecule has 14 heavy (non-hydrogen) atoms. The van der Waals surface area contributed by atoms with Crippen LogP contribution in [0.1, 0.15) is 22.8 Å². The molecule has 0 atom stereocenters. The third-order valence-corrected chi connectivity index (χ3v) is 2.55. The molecule has 0 aromatic heterocycles. The Morgan fingerprint density at radius 2 is 1.57 bits per heavy atom. The van der Waals surface area contributed by atoms with Crippen LogP contribution in [0.5, 0.6) is 0 Å². The minimum atomic E-state index is 0.0762. The summed E-state index contributed by atoms with van der Waals surface area (Å²) in [5.74, 6) is 0.0762. The van der Waals surface area contributed by atoms with Crippen molar-refractivity contribution in [3.8, 4) is 0 Å². The minimum Gasteiger partial charge on any atom is -0.368 e. The van der Waals surface area contributed by atoms with Gasteiger partial charge in [-0.1, -0.05) is 36.5 Å². The lowest BCUT2D eigenvalue weighted by Gasteiger charge is -2.13. The zero-order valence-corrected chi connectivity index (χ0v) is 9.39. The standard InChI is InChI=1S/C11H13NOS/c1-8(13)9-4-6-10(7-5-9)11(14)12(2)3/h4-7H,1-3H3. The van der Waals surface area contributed by atoms with Gasteiger partial charge in [0, 0.05) is 25.2 Å². The molecular weight excluding hydrogens is 194 g/mol. The van der Waals surface area contributed by atoms with Crippen LogP contribution in [0.4, 0.5) is 0 Å². The quantitative estimate of drug-likeness (QED) is 0.547. The van der Waals surface area contributed by atoms with Crippen molar-refractivity contribution in [2.45, 2.75) is 6.92 Å². The molecule has 0 unspecified atom stereocenters. The first-order valence-corrected chi connectivity index (χ1v) is 4.76. The third-order valence-electron chi connectivity index (χ3n) is 1.94. The van der Waals surface area contributed by atoms with Gasteiger partial charge in [0.1, 0.15) is 4.99 Å². The Labute approximate surface area is 89.5 Å². The maximum atomic E-state index is 11.0. The number of Topliss-reactive ketones (excluding diaryl/α,β-unsaturated/α-hetero) is 1. The fraction of sp³-hybridized carbons (Fsp3) is 0.273. The SMILES string of the molecule is CC(=O)c1ccc(C(=S)N(C)C)cc1. The number of benzene rings is 1. The summed E-state index contributed by atoms with van der Waals surface area (Å²) in [6.45, 7) is 1.55. The molecule has 0 saturated carbocycles. The maximum Gasteiger partial charge on any atom is 0.159 e. The summed E-state index contributed by atoms with van der Waals surface area (Å²) in [4.78, 5) is 13.7. The highest BCUT2D eigenvalue weighted by Crippen LogP contribution is 2.07. The van der Waals surface area contributed by atoms with Gasteiger partial charge in [0.2, 0.25) is 0 Å². The van der Waals surface area contributed by atoms with Gasteiger partial charge in [0.05, 0.1) is 0 Å². The number of ketones is 1. The van der Waals surface area contributed by atoms with Crippen molar-refractivity contribution >= 4 is 23.0 Å². The van der Waals surface area contributed by atoms with Gasteiger partial charge in [-0.25, -0.2) is 0 Å². The van der Waals surface area contributed by atoms with Crippen LogP contribution in [0, 0.1) is 0 Å². The second-order valence-corrected chi connectivity index (χ2v) is 3.72. The van der Waals surface area contributed by atoms with E-state index in [2.05, 4.69) is 0 Å². The van der Waals surface area contributed by atoms with Gasteiger partial charge in [0.15, 0.2) is 5.78 Å². The first-order chi connectivity index (χ1) is 6.52. The number of nitrogens with zero attached hydrogens (tertiary/aromatic N) is 1. The molecule has 0 aliphatic carbocycles. The Hall–Kier alpha value is -1.22. The lowest BCUT2D eigenvalue weighted by atomic mass is 10.1. The van der Waals surface area contributed by atoms with E-state index in [1.165, 1.54) is 0 Å². The molecule has 0 aliphatic heterocycles. The number of hydrogen-bond donors (Lipinski definition) is 0. The van der Waals surface area contributed by atoms with E-state index in [0.29, 0.717) is 0 Å². The largest absolute Gasteiger partial charge is 0.368 e. The van der Waals surface area contributed by atoms with Crippen LogP contribution in [-0.2, 0) is 0 Å². The molecule has 0 amide bonds. The van der Waals surface area contributed by atoms with Crippen molar-refractivity contribution < 1.29 is 4.79 Å². The monoisotopic (exact) mass is 207 g/mol. The van der Waals surface area contributed by atoms with Gasteiger partial charge in [-0.3, -0.25) is 4.79 Å². The topological polar surface area (TPSA) is 20.3 Å². The molecule has 0 N–H and O–H groups in total. The second kappa shape index (κ2) is 4.33. The zero-order chi connectivity index (χ0) is 10.7. The lowest BCUT2D eigenvalue weighted by Crippen LogP contribution is -2.20. The van der Waals surface area contributed by atoms with Gasteiger partial charge in [-0.2, -0.15) is 0 Å². The number of carbonyl (C=O) groups excluding carboxylic acids is 1. The van der Waals surface area contributed by atoms with E-state index < -0.39 is 0 Å². The summed E-state index contributed by atoms with van der Waals surface area (Å²) >= 11 is 5.19. The smallest absolute Gasteiger partial charge is 0.159 e. The van der Waals surface area contributed by atoms with Gasteiger partial charge >= 0.3 is 0 Å².